The molecule has 2 heterocycles. The van der Waals surface area contributed by atoms with Crippen molar-refractivity contribution >= 4 is 17.3 Å². The van der Waals surface area contributed by atoms with Crippen LogP contribution in [0.2, 0.25) is 0 Å². The van der Waals surface area contributed by atoms with Gasteiger partial charge in [0, 0.05) is 24.4 Å². The van der Waals surface area contributed by atoms with Gasteiger partial charge < -0.3 is 0 Å². The number of benzene rings is 2. The molecule has 2 aliphatic rings. The fourth-order valence-corrected chi connectivity index (χ4v) is 3.75. The molecule has 2 aliphatic heterocycles. The van der Waals surface area contributed by atoms with Crippen LogP contribution in [0.5, 0.6) is 0 Å². The Kier molecular flexibility index (Phi) is 3.54. The molecule has 6 nitrogen and oxygen atoms in total. The third-order valence-electron chi connectivity index (χ3n) is 4.81. The van der Waals surface area contributed by atoms with E-state index in [-0.39, 0.29) is 23.8 Å². The number of rotatable bonds is 3. The molecule has 2 aromatic carbocycles. The second kappa shape index (κ2) is 5.72. The summed E-state index contributed by atoms with van der Waals surface area (Å²) in [4.78, 5) is 27.4. The Morgan fingerprint density at radius 1 is 1.04 bits per heavy atom. The molecule has 0 bridgehead atoms. The highest BCUT2D eigenvalue weighted by Gasteiger charge is 2.49. The number of nitrogens with zero attached hydrogens (tertiary/aromatic N) is 3. The number of anilines is 1. The SMILES string of the molecule is O=C1[C@@H]2CCCN2[C@@H](c2ccccc2)N1c1ccc([N+](=O)[O-])cc1. The number of hydrogen-bond acceptors (Lipinski definition) is 4. The predicted octanol–water partition coefficient (Wildman–Crippen LogP) is 3.10. The largest absolute Gasteiger partial charge is 0.291 e. The highest BCUT2D eigenvalue weighted by molar-refractivity contribution is 6.00. The summed E-state index contributed by atoms with van der Waals surface area (Å²) in [5, 5.41) is 10.9. The fraction of sp³-hybridized carbons (Fsp3) is 0.278. The standard InChI is InChI=1S/C18H17N3O3/c22-18-16-7-4-12-19(16)17(13-5-2-1-3-6-13)20(18)14-8-10-15(11-9-14)21(23)24/h1-3,5-6,8-11,16-17H,4,7,12H2/t16-,17+/m0/s1. The van der Waals surface area contributed by atoms with E-state index in [1.807, 2.05) is 30.3 Å². The molecule has 122 valence electrons. The van der Waals surface area contributed by atoms with Crippen LogP contribution in [0.15, 0.2) is 54.6 Å². The molecule has 2 aromatic rings. The topological polar surface area (TPSA) is 66.7 Å². The van der Waals surface area contributed by atoms with Gasteiger partial charge in [-0.25, -0.2) is 0 Å². The summed E-state index contributed by atoms with van der Waals surface area (Å²) in [5.74, 6) is 0.0789. The van der Waals surface area contributed by atoms with Crippen molar-refractivity contribution in [3.63, 3.8) is 0 Å². The number of carbonyl (C=O) groups excluding carboxylic acids is 1. The van der Waals surface area contributed by atoms with E-state index in [0.717, 1.165) is 24.9 Å². The average Bonchev–Trinajstić information content (AvgIpc) is 3.18. The van der Waals surface area contributed by atoms with Gasteiger partial charge in [-0.15, -0.1) is 0 Å². The van der Waals surface area contributed by atoms with Crippen LogP contribution >= 0.6 is 0 Å². The van der Waals surface area contributed by atoms with Gasteiger partial charge in [-0.1, -0.05) is 30.3 Å². The average molecular weight is 323 g/mol. The van der Waals surface area contributed by atoms with Crippen LogP contribution in [0.4, 0.5) is 11.4 Å². The molecule has 2 saturated heterocycles. The van der Waals surface area contributed by atoms with Gasteiger partial charge in [0.15, 0.2) is 0 Å². The number of carbonyl (C=O) groups is 1. The minimum absolute atomic E-state index is 0.0298. The molecule has 0 spiro atoms. The summed E-state index contributed by atoms with van der Waals surface area (Å²) in [6, 6.07) is 16.1. The van der Waals surface area contributed by atoms with Gasteiger partial charge in [0.1, 0.15) is 6.17 Å². The Labute approximate surface area is 139 Å². The molecule has 0 aliphatic carbocycles. The summed E-state index contributed by atoms with van der Waals surface area (Å²) in [7, 11) is 0. The second-order valence-corrected chi connectivity index (χ2v) is 6.16. The van der Waals surface area contributed by atoms with Crippen LogP contribution in [0.25, 0.3) is 0 Å². The third kappa shape index (κ3) is 2.27. The first-order valence-corrected chi connectivity index (χ1v) is 8.05. The minimum atomic E-state index is -0.428. The highest BCUT2D eigenvalue weighted by Crippen LogP contribution is 2.42. The number of nitro benzene ring substituents is 1. The molecule has 0 radical (unpaired) electrons. The van der Waals surface area contributed by atoms with Gasteiger partial charge in [-0.3, -0.25) is 24.7 Å². The smallest absolute Gasteiger partial charge is 0.269 e. The lowest BCUT2D eigenvalue weighted by Crippen LogP contribution is -2.32. The van der Waals surface area contributed by atoms with Crippen molar-refractivity contribution in [2.24, 2.45) is 0 Å². The first-order chi connectivity index (χ1) is 11.7. The normalized spacial score (nSPS) is 23.5. The zero-order valence-corrected chi connectivity index (χ0v) is 13.0. The molecule has 1 amide bonds. The van der Waals surface area contributed by atoms with E-state index in [9.17, 15) is 14.9 Å². The molecule has 24 heavy (non-hydrogen) atoms. The predicted molar refractivity (Wildman–Crippen MR) is 89.5 cm³/mol. The number of nitro groups is 1. The molecule has 0 unspecified atom stereocenters. The quantitative estimate of drug-likeness (QED) is 0.643. The van der Waals surface area contributed by atoms with Crippen LogP contribution in [-0.2, 0) is 4.79 Å². The van der Waals surface area contributed by atoms with Gasteiger partial charge in [0.25, 0.3) is 5.69 Å². The first-order valence-electron chi connectivity index (χ1n) is 8.05. The Morgan fingerprint density at radius 3 is 2.42 bits per heavy atom. The Bertz CT molecular complexity index is 776. The molecule has 0 saturated carbocycles. The van der Waals surface area contributed by atoms with E-state index in [2.05, 4.69) is 4.90 Å². The highest BCUT2D eigenvalue weighted by atomic mass is 16.6. The van der Waals surface area contributed by atoms with Crippen LogP contribution in [0, 0.1) is 10.1 Å². The van der Waals surface area contributed by atoms with Gasteiger partial charge in [-0.05, 0) is 30.5 Å². The van der Waals surface area contributed by atoms with Gasteiger partial charge in [0.2, 0.25) is 5.91 Å². The third-order valence-corrected chi connectivity index (χ3v) is 4.81. The molecular formula is C18H17N3O3. The molecule has 6 heteroatoms. The Hall–Kier alpha value is -2.73. The van der Waals surface area contributed by atoms with E-state index >= 15 is 0 Å². The van der Waals surface area contributed by atoms with Crippen molar-refractivity contribution in [1.29, 1.82) is 0 Å². The van der Waals surface area contributed by atoms with Crippen LogP contribution in [-0.4, -0.2) is 28.3 Å². The number of fused-ring (bicyclic) bond motifs is 1. The summed E-state index contributed by atoms with van der Waals surface area (Å²) in [6.07, 6.45) is 1.74. The molecule has 0 aromatic heterocycles. The van der Waals surface area contributed by atoms with Crippen molar-refractivity contribution in [2.75, 3.05) is 11.4 Å². The zero-order valence-electron chi connectivity index (χ0n) is 13.0. The molecular weight excluding hydrogens is 306 g/mol. The van der Waals surface area contributed by atoms with E-state index < -0.39 is 4.92 Å². The molecule has 4 rings (SSSR count). The zero-order chi connectivity index (χ0) is 16.7. The molecule has 0 N–H and O–H groups in total. The lowest BCUT2D eigenvalue weighted by Gasteiger charge is -2.29. The Morgan fingerprint density at radius 2 is 1.75 bits per heavy atom. The van der Waals surface area contributed by atoms with Crippen molar-refractivity contribution in [3.05, 3.63) is 70.3 Å². The maximum atomic E-state index is 12.9. The Balaban J connectivity index is 1.76. The van der Waals surface area contributed by atoms with E-state index in [0.29, 0.717) is 5.69 Å². The van der Waals surface area contributed by atoms with Crippen molar-refractivity contribution in [1.82, 2.24) is 4.90 Å². The number of amides is 1. The van der Waals surface area contributed by atoms with Crippen LogP contribution in [0.1, 0.15) is 24.6 Å². The van der Waals surface area contributed by atoms with E-state index in [4.69, 9.17) is 0 Å². The van der Waals surface area contributed by atoms with E-state index in [1.165, 1.54) is 12.1 Å². The minimum Gasteiger partial charge on any atom is -0.291 e. The summed E-state index contributed by atoms with van der Waals surface area (Å²) < 4.78 is 0. The lowest BCUT2D eigenvalue weighted by atomic mass is 10.1. The molecule has 2 atom stereocenters. The van der Waals surface area contributed by atoms with Crippen molar-refractivity contribution < 1.29 is 9.72 Å². The maximum absolute atomic E-state index is 12.9. The molecule has 2 fully saturated rings. The first kappa shape index (κ1) is 14.8. The lowest BCUT2D eigenvalue weighted by molar-refractivity contribution is -0.384. The van der Waals surface area contributed by atoms with E-state index in [1.54, 1.807) is 17.0 Å². The van der Waals surface area contributed by atoms with Crippen molar-refractivity contribution in [3.8, 4) is 0 Å². The van der Waals surface area contributed by atoms with Crippen LogP contribution in [0.3, 0.4) is 0 Å². The second-order valence-electron chi connectivity index (χ2n) is 6.16. The van der Waals surface area contributed by atoms with Gasteiger partial charge in [-0.2, -0.15) is 0 Å². The van der Waals surface area contributed by atoms with Gasteiger partial charge >= 0.3 is 0 Å². The summed E-state index contributed by atoms with van der Waals surface area (Å²) in [5.41, 5.74) is 1.80. The maximum Gasteiger partial charge on any atom is 0.269 e. The number of non-ortho nitro benzene ring substituents is 1. The summed E-state index contributed by atoms with van der Waals surface area (Å²) in [6.45, 7) is 0.888. The van der Waals surface area contributed by atoms with Gasteiger partial charge in [0.05, 0.1) is 11.0 Å². The van der Waals surface area contributed by atoms with Crippen molar-refractivity contribution in [2.45, 2.75) is 25.0 Å². The number of hydrogen-bond donors (Lipinski definition) is 0. The van der Waals surface area contributed by atoms with Crippen LogP contribution < -0.4 is 4.90 Å². The monoisotopic (exact) mass is 323 g/mol. The summed E-state index contributed by atoms with van der Waals surface area (Å²) >= 11 is 0. The fourth-order valence-electron chi connectivity index (χ4n) is 3.75.